The lowest BCUT2D eigenvalue weighted by atomic mass is 10.1. The number of amidine groups is 1. The molecule has 0 aliphatic carbocycles. The molecule has 2 heterocycles. The summed E-state index contributed by atoms with van der Waals surface area (Å²) in [6.45, 7) is 2.60. The molecule has 4 heteroatoms. The van der Waals surface area contributed by atoms with Crippen molar-refractivity contribution in [2.24, 2.45) is 4.99 Å². The van der Waals surface area contributed by atoms with E-state index in [-0.39, 0.29) is 11.2 Å². The molecule has 0 spiro atoms. The predicted molar refractivity (Wildman–Crippen MR) is 61.1 cm³/mol. The van der Waals surface area contributed by atoms with Crippen LogP contribution in [0.5, 0.6) is 0 Å². The van der Waals surface area contributed by atoms with Gasteiger partial charge < -0.3 is 0 Å². The van der Waals surface area contributed by atoms with Crippen LogP contribution in [0.3, 0.4) is 0 Å². The van der Waals surface area contributed by atoms with Crippen molar-refractivity contribution in [2.75, 3.05) is 0 Å². The van der Waals surface area contributed by atoms with Crippen LogP contribution in [-0.4, -0.2) is 21.2 Å². The molecule has 1 saturated heterocycles. The molecule has 1 amide bonds. The number of nitrogens with zero attached hydrogens (tertiary/aromatic N) is 2. The highest BCUT2D eigenvalue weighted by molar-refractivity contribution is 8.15. The van der Waals surface area contributed by atoms with Gasteiger partial charge in [0, 0.05) is 0 Å². The summed E-state index contributed by atoms with van der Waals surface area (Å²) < 4.78 is 0. The van der Waals surface area contributed by atoms with Crippen LogP contribution in [-0.2, 0) is 11.3 Å². The van der Waals surface area contributed by atoms with Gasteiger partial charge in [0.15, 0.2) is 5.17 Å². The van der Waals surface area contributed by atoms with E-state index >= 15 is 0 Å². The van der Waals surface area contributed by atoms with Crippen LogP contribution in [0.4, 0.5) is 5.69 Å². The molecular weight excluding hydrogens is 208 g/mol. The molecule has 0 bridgehead atoms. The SMILES string of the molecule is CC1SC2=Nc3ccccc3CN2C1=O. The first-order chi connectivity index (χ1) is 7.25. The highest BCUT2D eigenvalue weighted by Crippen LogP contribution is 2.35. The average Bonchev–Trinajstić information content (AvgIpc) is 2.52. The maximum absolute atomic E-state index is 11.8. The Kier molecular flexibility index (Phi) is 1.85. The Labute approximate surface area is 92.2 Å². The van der Waals surface area contributed by atoms with Crippen LogP contribution in [0.25, 0.3) is 0 Å². The van der Waals surface area contributed by atoms with E-state index in [1.165, 1.54) is 0 Å². The number of thioether (sulfide) groups is 1. The molecule has 1 atom stereocenters. The number of hydrogen-bond donors (Lipinski definition) is 0. The number of carbonyl (C=O) groups excluding carboxylic acids is 1. The number of para-hydroxylation sites is 1. The van der Waals surface area contributed by atoms with Gasteiger partial charge in [-0.05, 0) is 18.6 Å². The molecule has 3 nitrogen and oxygen atoms in total. The molecule has 2 aliphatic heterocycles. The zero-order chi connectivity index (χ0) is 10.4. The third kappa shape index (κ3) is 1.28. The van der Waals surface area contributed by atoms with Crippen LogP contribution >= 0.6 is 11.8 Å². The van der Waals surface area contributed by atoms with E-state index in [0.717, 1.165) is 16.4 Å². The molecule has 0 radical (unpaired) electrons. The zero-order valence-corrected chi connectivity index (χ0v) is 9.12. The number of carbonyl (C=O) groups is 1. The standard InChI is InChI=1S/C11H10N2OS/c1-7-10(14)13-6-8-4-2-3-5-9(8)12-11(13)15-7/h2-5,7H,6H2,1H3. The van der Waals surface area contributed by atoms with Gasteiger partial charge in [0.05, 0.1) is 17.5 Å². The van der Waals surface area contributed by atoms with Crippen molar-refractivity contribution in [3.63, 3.8) is 0 Å². The van der Waals surface area contributed by atoms with E-state index in [2.05, 4.69) is 4.99 Å². The number of amides is 1. The topological polar surface area (TPSA) is 32.7 Å². The summed E-state index contributed by atoms with van der Waals surface area (Å²) >= 11 is 1.55. The van der Waals surface area contributed by atoms with Gasteiger partial charge in [-0.15, -0.1) is 0 Å². The smallest absolute Gasteiger partial charge is 0.242 e. The van der Waals surface area contributed by atoms with Gasteiger partial charge in [0.1, 0.15) is 0 Å². The maximum atomic E-state index is 11.8. The van der Waals surface area contributed by atoms with Gasteiger partial charge in [0.25, 0.3) is 0 Å². The fourth-order valence-electron chi connectivity index (χ4n) is 1.85. The number of hydrogen-bond acceptors (Lipinski definition) is 3. The summed E-state index contributed by atoms with van der Waals surface area (Å²) in [5, 5.41) is 0.865. The van der Waals surface area contributed by atoms with Crippen LogP contribution in [0, 0.1) is 0 Å². The molecule has 0 N–H and O–H groups in total. The Morgan fingerprint density at radius 1 is 1.47 bits per heavy atom. The van der Waals surface area contributed by atoms with E-state index in [9.17, 15) is 4.79 Å². The van der Waals surface area contributed by atoms with Crippen molar-refractivity contribution in [3.05, 3.63) is 29.8 Å². The average molecular weight is 218 g/mol. The summed E-state index contributed by atoms with van der Waals surface area (Å²) in [6, 6.07) is 7.98. The molecule has 0 aromatic heterocycles. The van der Waals surface area contributed by atoms with E-state index in [4.69, 9.17) is 0 Å². The molecule has 15 heavy (non-hydrogen) atoms. The monoisotopic (exact) mass is 218 g/mol. The number of benzene rings is 1. The van der Waals surface area contributed by atoms with Gasteiger partial charge in [-0.2, -0.15) is 0 Å². The van der Waals surface area contributed by atoms with E-state index in [1.807, 2.05) is 31.2 Å². The molecule has 0 saturated carbocycles. The van der Waals surface area contributed by atoms with Crippen molar-refractivity contribution in [1.82, 2.24) is 4.90 Å². The first-order valence-corrected chi connectivity index (χ1v) is 5.78. The minimum absolute atomic E-state index is 0.0121. The Morgan fingerprint density at radius 2 is 2.27 bits per heavy atom. The van der Waals surface area contributed by atoms with Crippen LogP contribution in [0.1, 0.15) is 12.5 Å². The van der Waals surface area contributed by atoms with Gasteiger partial charge in [-0.25, -0.2) is 4.99 Å². The van der Waals surface area contributed by atoms with Gasteiger partial charge in [-0.1, -0.05) is 30.0 Å². The number of fused-ring (bicyclic) bond motifs is 2. The van der Waals surface area contributed by atoms with Gasteiger partial charge >= 0.3 is 0 Å². The molecular formula is C11H10N2OS. The molecule has 1 aromatic carbocycles. The molecule has 76 valence electrons. The summed E-state index contributed by atoms with van der Waals surface area (Å²) in [5.74, 6) is 0.174. The van der Waals surface area contributed by atoms with Crippen molar-refractivity contribution >= 4 is 28.5 Å². The minimum atomic E-state index is 0.0121. The third-order valence-electron chi connectivity index (χ3n) is 2.66. The lowest BCUT2D eigenvalue weighted by Gasteiger charge is -2.21. The highest BCUT2D eigenvalue weighted by Gasteiger charge is 2.37. The first-order valence-electron chi connectivity index (χ1n) is 4.90. The summed E-state index contributed by atoms with van der Waals surface area (Å²) in [6.07, 6.45) is 0. The number of aliphatic imine (C=N–C) groups is 1. The van der Waals surface area contributed by atoms with E-state index in [0.29, 0.717) is 6.54 Å². The normalized spacial score (nSPS) is 23.5. The molecule has 2 aliphatic rings. The second-order valence-electron chi connectivity index (χ2n) is 3.71. The third-order valence-corrected chi connectivity index (χ3v) is 3.74. The van der Waals surface area contributed by atoms with Crippen molar-refractivity contribution in [1.29, 1.82) is 0 Å². The van der Waals surface area contributed by atoms with Crippen LogP contribution in [0.2, 0.25) is 0 Å². The highest BCUT2D eigenvalue weighted by atomic mass is 32.2. The maximum Gasteiger partial charge on any atom is 0.242 e. The van der Waals surface area contributed by atoms with E-state index in [1.54, 1.807) is 16.7 Å². The van der Waals surface area contributed by atoms with Gasteiger partial charge in [-0.3, -0.25) is 9.69 Å². The largest absolute Gasteiger partial charge is 0.286 e. The summed E-state index contributed by atoms with van der Waals surface area (Å²) in [5.41, 5.74) is 2.13. The van der Waals surface area contributed by atoms with E-state index < -0.39 is 0 Å². The van der Waals surface area contributed by atoms with Crippen molar-refractivity contribution < 1.29 is 4.79 Å². The van der Waals surface area contributed by atoms with Crippen molar-refractivity contribution in [3.8, 4) is 0 Å². The lowest BCUT2D eigenvalue weighted by molar-refractivity contribution is -0.126. The molecule has 1 fully saturated rings. The Morgan fingerprint density at radius 3 is 3.13 bits per heavy atom. The lowest BCUT2D eigenvalue weighted by Crippen LogP contribution is -2.32. The minimum Gasteiger partial charge on any atom is -0.286 e. The fourth-order valence-corrected chi connectivity index (χ4v) is 2.82. The Hall–Kier alpha value is -1.29. The van der Waals surface area contributed by atoms with Crippen molar-refractivity contribution in [2.45, 2.75) is 18.7 Å². The van der Waals surface area contributed by atoms with Crippen LogP contribution in [0.15, 0.2) is 29.3 Å². The molecule has 3 rings (SSSR count). The molecule has 1 unspecified atom stereocenters. The zero-order valence-electron chi connectivity index (χ0n) is 8.30. The van der Waals surface area contributed by atoms with Gasteiger partial charge in [0.2, 0.25) is 5.91 Å². The Bertz CT molecular complexity index is 469. The van der Waals surface area contributed by atoms with Crippen LogP contribution < -0.4 is 0 Å². The second kappa shape index (κ2) is 3.10. The Balaban J connectivity index is 2.08. The quantitative estimate of drug-likeness (QED) is 0.668. The fraction of sp³-hybridized carbons (Fsp3) is 0.273. The number of rotatable bonds is 0. The summed E-state index contributed by atoms with van der Waals surface area (Å²) in [7, 11) is 0. The summed E-state index contributed by atoms with van der Waals surface area (Å²) in [4.78, 5) is 18.0. The first kappa shape index (κ1) is 8.97. The second-order valence-corrected chi connectivity index (χ2v) is 5.02. The predicted octanol–water partition coefficient (Wildman–Crippen LogP) is 2.15. The molecule has 1 aromatic rings.